The number of hydrogen-bond donors (Lipinski definition) is 2. The van der Waals surface area contributed by atoms with Crippen LogP contribution in [0.4, 0.5) is 5.69 Å². The number of phenolic OH excluding ortho intramolecular Hbond substituents is 1. The first kappa shape index (κ1) is 15.6. The fraction of sp³-hybridized carbons (Fsp3) is 0.176. The van der Waals surface area contributed by atoms with Crippen molar-refractivity contribution in [1.29, 1.82) is 0 Å². The Hall–Kier alpha value is -2.82. The monoisotopic (exact) mass is 299 g/mol. The molecule has 22 heavy (non-hydrogen) atoms. The van der Waals surface area contributed by atoms with E-state index in [1.54, 1.807) is 30.3 Å². The molecule has 0 saturated carbocycles. The zero-order valence-electron chi connectivity index (χ0n) is 12.4. The van der Waals surface area contributed by atoms with Crippen molar-refractivity contribution >= 4 is 17.6 Å². The highest BCUT2D eigenvalue weighted by molar-refractivity contribution is 5.96. The van der Waals surface area contributed by atoms with Gasteiger partial charge in [0, 0.05) is 5.69 Å². The summed E-state index contributed by atoms with van der Waals surface area (Å²) < 4.78 is 4.67. The predicted octanol–water partition coefficient (Wildman–Crippen LogP) is 2.67. The predicted molar refractivity (Wildman–Crippen MR) is 83.0 cm³/mol. The number of benzene rings is 2. The smallest absolute Gasteiger partial charge is 0.337 e. The van der Waals surface area contributed by atoms with E-state index in [0.717, 1.165) is 11.1 Å². The Bertz CT molecular complexity index is 692. The van der Waals surface area contributed by atoms with E-state index in [1.165, 1.54) is 19.2 Å². The number of rotatable bonds is 4. The number of anilines is 1. The Morgan fingerprint density at radius 3 is 2.45 bits per heavy atom. The van der Waals surface area contributed by atoms with Crippen LogP contribution in [0.25, 0.3) is 0 Å². The normalized spacial score (nSPS) is 10.1. The fourth-order valence-electron chi connectivity index (χ4n) is 2.00. The highest BCUT2D eigenvalue weighted by atomic mass is 16.5. The lowest BCUT2D eigenvalue weighted by Crippen LogP contribution is -2.15. The van der Waals surface area contributed by atoms with E-state index >= 15 is 0 Å². The van der Waals surface area contributed by atoms with Crippen LogP contribution in [-0.4, -0.2) is 24.1 Å². The second-order valence-electron chi connectivity index (χ2n) is 4.91. The van der Waals surface area contributed by atoms with Crippen LogP contribution >= 0.6 is 0 Å². The summed E-state index contributed by atoms with van der Waals surface area (Å²) in [7, 11) is 1.31. The highest BCUT2D eigenvalue weighted by Gasteiger charge is 2.10. The lowest BCUT2D eigenvalue weighted by Gasteiger charge is -2.10. The average Bonchev–Trinajstić information content (AvgIpc) is 2.51. The highest BCUT2D eigenvalue weighted by Crippen LogP contribution is 2.18. The number of hydrogen-bond acceptors (Lipinski definition) is 4. The van der Waals surface area contributed by atoms with Crippen LogP contribution in [0, 0.1) is 6.92 Å². The number of aryl methyl sites for hydroxylation is 1. The molecule has 0 atom stereocenters. The minimum Gasteiger partial charge on any atom is -0.508 e. The number of phenols is 1. The van der Waals surface area contributed by atoms with Gasteiger partial charge in [-0.15, -0.1) is 0 Å². The van der Waals surface area contributed by atoms with Crippen molar-refractivity contribution in [3.63, 3.8) is 0 Å². The minimum atomic E-state index is -0.450. The minimum absolute atomic E-state index is 0.158. The number of aromatic hydroxyl groups is 1. The van der Waals surface area contributed by atoms with Gasteiger partial charge in [-0.05, 0) is 42.3 Å². The molecule has 114 valence electrons. The summed E-state index contributed by atoms with van der Waals surface area (Å²) in [6.45, 7) is 1.84. The molecular formula is C17H17NO4. The molecule has 0 aliphatic heterocycles. The molecule has 0 aliphatic carbocycles. The third kappa shape index (κ3) is 3.85. The van der Waals surface area contributed by atoms with Crippen LogP contribution in [0.2, 0.25) is 0 Å². The van der Waals surface area contributed by atoms with Crippen molar-refractivity contribution in [1.82, 2.24) is 0 Å². The van der Waals surface area contributed by atoms with Gasteiger partial charge in [0.05, 0.1) is 19.1 Å². The number of esters is 1. The summed E-state index contributed by atoms with van der Waals surface area (Å²) >= 11 is 0. The first-order valence-corrected chi connectivity index (χ1v) is 6.76. The molecule has 0 aliphatic rings. The van der Waals surface area contributed by atoms with Gasteiger partial charge < -0.3 is 15.2 Å². The second-order valence-corrected chi connectivity index (χ2v) is 4.91. The molecule has 2 aromatic carbocycles. The van der Waals surface area contributed by atoms with Crippen molar-refractivity contribution in [2.24, 2.45) is 0 Å². The summed E-state index contributed by atoms with van der Waals surface area (Å²) in [6.07, 6.45) is 0.183. The molecule has 2 rings (SSSR count). The third-order valence-corrected chi connectivity index (χ3v) is 3.23. The Balaban J connectivity index is 2.10. The van der Waals surface area contributed by atoms with Crippen molar-refractivity contribution in [2.75, 3.05) is 12.4 Å². The van der Waals surface area contributed by atoms with Crippen LogP contribution < -0.4 is 5.32 Å². The number of carbonyl (C=O) groups is 2. The maximum atomic E-state index is 12.1. The Morgan fingerprint density at radius 1 is 1.14 bits per heavy atom. The maximum absolute atomic E-state index is 12.1. The first-order chi connectivity index (χ1) is 10.5. The Morgan fingerprint density at radius 2 is 1.82 bits per heavy atom. The van der Waals surface area contributed by atoms with Crippen LogP contribution in [0.3, 0.4) is 0 Å². The van der Waals surface area contributed by atoms with E-state index in [0.29, 0.717) is 11.3 Å². The molecule has 0 fully saturated rings. The van der Waals surface area contributed by atoms with Crippen molar-refractivity contribution < 1.29 is 19.4 Å². The van der Waals surface area contributed by atoms with Crippen molar-refractivity contribution in [3.8, 4) is 5.75 Å². The van der Waals surface area contributed by atoms with Crippen LogP contribution in [0.1, 0.15) is 21.5 Å². The van der Waals surface area contributed by atoms with E-state index in [2.05, 4.69) is 10.1 Å². The van der Waals surface area contributed by atoms with Gasteiger partial charge in [0.2, 0.25) is 5.91 Å². The summed E-state index contributed by atoms with van der Waals surface area (Å²) in [5.74, 6) is -0.490. The molecule has 5 nitrogen and oxygen atoms in total. The zero-order chi connectivity index (χ0) is 16.1. The van der Waals surface area contributed by atoms with Gasteiger partial charge in [0.15, 0.2) is 0 Å². The molecule has 2 aromatic rings. The molecule has 1 amide bonds. The molecule has 0 saturated heterocycles. The van der Waals surface area contributed by atoms with Gasteiger partial charge in [-0.1, -0.05) is 18.2 Å². The van der Waals surface area contributed by atoms with Gasteiger partial charge in [-0.25, -0.2) is 4.79 Å². The Kier molecular flexibility index (Phi) is 4.78. The molecule has 0 radical (unpaired) electrons. The average molecular weight is 299 g/mol. The summed E-state index contributed by atoms with van der Waals surface area (Å²) in [5, 5.41) is 12.0. The lowest BCUT2D eigenvalue weighted by molar-refractivity contribution is -0.115. The van der Waals surface area contributed by atoms with Crippen LogP contribution in [0.15, 0.2) is 42.5 Å². The summed E-state index contributed by atoms with van der Waals surface area (Å²) in [4.78, 5) is 23.6. The number of nitrogens with one attached hydrogen (secondary N) is 1. The number of amides is 1. The molecule has 0 aromatic heterocycles. The lowest BCUT2D eigenvalue weighted by atomic mass is 10.1. The molecule has 2 N–H and O–H groups in total. The van der Waals surface area contributed by atoms with E-state index < -0.39 is 5.97 Å². The molecular weight excluding hydrogens is 282 g/mol. The largest absolute Gasteiger partial charge is 0.508 e. The molecule has 5 heteroatoms. The van der Waals surface area contributed by atoms with Crippen molar-refractivity contribution in [2.45, 2.75) is 13.3 Å². The van der Waals surface area contributed by atoms with Gasteiger partial charge >= 0.3 is 5.97 Å². The number of ether oxygens (including phenoxy) is 1. The van der Waals surface area contributed by atoms with Crippen LogP contribution in [0.5, 0.6) is 5.75 Å². The SMILES string of the molecule is COC(=O)c1ccc(C)c(NC(=O)Cc2ccc(O)cc2)c1. The molecule has 0 spiro atoms. The van der Waals surface area contributed by atoms with Gasteiger partial charge in [0.25, 0.3) is 0 Å². The fourth-order valence-corrected chi connectivity index (χ4v) is 2.00. The maximum Gasteiger partial charge on any atom is 0.337 e. The third-order valence-electron chi connectivity index (χ3n) is 3.23. The number of methoxy groups -OCH3 is 1. The summed E-state index contributed by atoms with van der Waals surface area (Å²) in [6, 6.07) is 11.4. The van der Waals surface area contributed by atoms with Crippen LogP contribution in [-0.2, 0) is 16.0 Å². The standard InChI is InChI=1S/C17H17NO4/c1-11-3-6-13(17(21)22-2)10-15(11)18-16(20)9-12-4-7-14(19)8-5-12/h3-8,10,19H,9H2,1-2H3,(H,18,20). The Labute approximate surface area is 128 Å². The molecule has 0 bridgehead atoms. The van der Waals surface area contributed by atoms with Gasteiger partial charge in [-0.3, -0.25) is 4.79 Å². The van der Waals surface area contributed by atoms with E-state index in [4.69, 9.17) is 0 Å². The second kappa shape index (κ2) is 6.76. The van der Waals surface area contributed by atoms with Crippen molar-refractivity contribution in [3.05, 3.63) is 59.2 Å². The zero-order valence-corrected chi connectivity index (χ0v) is 12.4. The van der Waals surface area contributed by atoms with E-state index in [9.17, 15) is 14.7 Å². The molecule has 0 unspecified atom stereocenters. The van der Waals surface area contributed by atoms with Gasteiger partial charge in [0.1, 0.15) is 5.75 Å². The molecule has 0 heterocycles. The summed E-state index contributed by atoms with van der Waals surface area (Å²) in [5.41, 5.74) is 2.60. The quantitative estimate of drug-likeness (QED) is 0.851. The van der Waals surface area contributed by atoms with E-state index in [-0.39, 0.29) is 18.1 Å². The van der Waals surface area contributed by atoms with Gasteiger partial charge in [-0.2, -0.15) is 0 Å². The number of carbonyl (C=O) groups excluding carboxylic acids is 2. The topological polar surface area (TPSA) is 75.6 Å². The first-order valence-electron chi connectivity index (χ1n) is 6.76. The van der Waals surface area contributed by atoms with E-state index in [1.807, 2.05) is 6.92 Å².